The van der Waals surface area contributed by atoms with Gasteiger partial charge in [-0.1, -0.05) is 38.7 Å². The van der Waals surface area contributed by atoms with E-state index in [9.17, 15) is 14.4 Å². The number of ketones is 1. The van der Waals surface area contributed by atoms with E-state index in [1.165, 1.54) is 6.92 Å². The first-order chi connectivity index (χ1) is 12.4. The van der Waals surface area contributed by atoms with Crippen LogP contribution in [0.5, 0.6) is 0 Å². The summed E-state index contributed by atoms with van der Waals surface area (Å²) in [4.78, 5) is 34.5. The van der Waals surface area contributed by atoms with Gasteiger partial charge in [0.05, 0.1) is 0 Å². The third-order valence-corrected chi connectivity index (χ3v) is 5.14. The molecular formula is C21H34O5. The first-order valence-corrected chi connectivity index (χ1v) is 10.0. The Hall–Kier alpha value is -1.65. The molecule has 0 spiro atoms. The Kier molecular flexibility index (Phi) is 10.2. The number of esters is 1. The van der Waals surface area contributed by atoms with Crippen LogP contribution in [-0.4, -0.2) is 28.9 Å². The molecule has 2 atom stereocenters. The highest BCUT2D eigenvalue weighted by Gasteiger charge is 2.39. The first-order valence-electron chi connectivity index (χ1n) is 10.0. The van der Waals surface area contributed by atoms with Crippen LogP contribution in [-0.2, 0) is 19.1 Å². The van der Waals surface area contributed by atoms with Crippen molar-refractivity contribution in [3.05, 3.63) is 12.2 Å². The molecular weight excluding hydrogens is 332 g/mol. The summed E-state index contributed by atoms with van der Waals surface area (Å²) in [6, 6.07) is 0. The maximum absolute atomic E-state index is 12.5. The monoisotopic (exact) mass is 366 g/mol. The van der Waals surface area contributed by atoms with E-state index in [2.05, 4.69) is 6.92 Å². The van der Waals surface area contributed by atoms with E-state index in [4.69, 9.17) is 9.84 Å². The molecule has 0 saturated heterocycles. The number of rotatable bonds is 13. The van der Waals surface area contributed by atoms with Crippen molar-refractivity contribution in [1.82, 2.24) is 0 Å². The molecule has 5 nitrogen and oxygen atoms in total. The van der Waals surface area contributed by atoms with Crippen molar-refractivity contribution < 1.29 is 24.2 Å². The predicted molar refractivity (Wildman–Crippen MR) is 101 cm³/mol. The van der Waals surface area contributed by atoms with Crippen molar-refractivity contribution in [3.63, 3.8) is 0 Å². The Balaban J connectivity index is 2.67. The van der Waals surface area contributed by atoms with Crippen LogP contribution in [0.4, 0.5) is 0 Å². The molecule has 0 bridgehead atoms. The van der Waals surface area contributed by atoms with Gasteiger partial charge in [0.15, 0.2) is 0 Å². The molecule has 5 heteroatoms. The minimum atomic E-state index is -0.771. The Morgan fingerprint density at radius 3 is 2.58 bits per heavy atom. The van der Waals surface area contributed by atoms with E-state index >= 15 is 0 Å². The molecule has 0 amide bonds. The number of ether oxygens (including phenoxy) is 1. The Bertz CT molecular complexity index is 497. The van der Waals surface area contributed by atoms with E-state index < -0.39 is 11.4 Å². The van der Waals surface area contributed by atoms with Gasteiger partial charge in [0.25, 0.3) is 0 Å². The average molecular weight is 366 g/mol. The SMILES string of the molecule is CCCCCC(/C=C/C1(CCCCCC(=O)O)CCCC1=O)OC(C)=O. The standard InChI is InChI=1S/C21H34O5/c1-3-4-6-10-18(26-17(2)22)13-16-21(15-9-11-19(21)23)14-8-5-7-12-20(24)25/h13,16,18H,3-12,14-15H2,1-2H3,(H,24,25)/b16-13+. The summed E-state index contributed by atoms with van der Waals surface area (Å²) >= 11 is 0. The highest BCUT2D eigenvalue weighted by atomic mass is 16.5. The third kappa shape index (κ3) is 8.15. The zero-order valence-electron chi connectivity index (χ0n) is 16.3. The van der Waals surface area contributed by atoms with Crippen LogP contribution < -0.4 is 0 Å². The predicted octanol–water partition coefficient (Wildman–Crippen LogP) is 4.83. The number of carboxylic acids is 1. The van der Waals surface area contributed by atoms with Gasteiger partial charge in [-0.2, -0.15) is 0 Å². The Morgan fingerprint density at radius 1 is 1.23 bits per heavy atom. The topological polar surface area (TPSA) is 80.7 Å². The van der Waals surface area contributed by atoms with Crippen molar-refractivity contribution in [2.24, 2.45) is 5.41 Å². The Morgan fingerprint density at radius 2 is 2.00 bits per heavy atom. The molecule has 0 radical (unpaired) electrons. The quantitative estimate of drug-likeness (QED) is 0.287. The fourth-order valence-corrected chi connectivity index (χ4v) is 3.66. The summed E-state index contributed by atoms with van der Waals surface area (Å²) < 4.78 is 5.40. The van der Waals surface area contributed by atoms with Gasteiger partial charge in [-0.15, -0.1) is 0 Å². The molecule has 0 aromatic rings. The van der Waals surface area contributed by atoms with Crippen LogP contribution in [0.2, 0.25) is 0 Å². The lowest BCUT2D eigenvalue weighted by atomic mass is 9.79. The van der Waals surface area contributed by atoms with E-state index in [0.717, 1.165) is 57.8 Å². The van der Waals surface area contributed by atoms with Gasteiger partial charge in [0.2, 0.25) is 0 Å². The highest BCUT2D eigenvalue weighted by Crippen LogP contribution is 2.41. The van der Waals surface area contributed by atoms with Crippen molar-refractivity contribution in [1.29, 1.82) is 0 Å². The lowest BCUT2D eigenvalue weighted by Crippen LogP contribution is -2.24. The van der Waals surface area contributed by atoms with Crippen LogP contribution in [0.25, 0.3) is 0 Å². The van der Waals surface area contributed by atoms with E-state index in [-0.39, 0.29) is 24.3 Å². The number of aliphatic carboxylic acids is 1. The van der Waals surface area contributed by atoms with Gasteiger partial charge in [0, 0.05) is 25.2 Å². The second kappa shape index (κ2) is 11.9. The molecule has 2 unspecified atom stereocenters. The van der Waals surface area contributed by atoms with Gasteiger partial charge in [-0.25, -0.2) is 0 Å². The van der Waals surface area contributed by atoms with Crippen LogP contribution in [0, 0.1) is 5.41 Å². The fraction of sp³-hybridized carbons (Fsp3) is 0.762. The van der Waals surface area contributed by atoms with Gasteiger partial charge in [0.1, 0.15) is 11.9 Å². The number of Topliss-reactive ketones (excluding diaryl/α,β-unsaturated/α-hetero) is 1. The smallest absolute Gasteiger partial charge is 0.303 e. The first kappa shape index (κ1) is 22.4. The van der Waals surface area contributed by atoms with Crippen molar-refractivity contribution in [2.45, 2.75) is 97.0 Å². The number of carboxylic acid groups (broad SMARTS) is 1. The molecule has 0 heterocycles. The Labute approximate surface area is 157 Å². The molecule has 1 rings (SSSR count). The molecule has 0 aromatic carbocycles. The lowest BCUT2D eigenvalue weighted by Gasteiger charge is -2.24. The van der Waals surface area contributed by atoms with Crippen LogP contribution in [0.1, 0.15) is 90.9 Å². The maximum atomic E-state index is 12.5. The van der Waals surface area contributed by atoms with Crippen molar-refractivity contribution in [3.8, 4) is 0 Å². The molecule has 1 aliphatic carbocycles. The zero-order chi connectivity index (χ0) is 19.4. The molecule has 1 saturated carbocycles. The second-order valence-corrected chi connectivity index (χ2v) is 7.39. The lowest BCUT2D eigenvalue weighted by molar-refractivity contribution is -0.144. The van der Waals surface area contributed by atoms with Crippen LogP contribution in [0.15, 0.2) is 12.2 Å². The molecule has 0 aliphatic heterocycles. The number of carbonyl (C=O) groups excluding carboxylic acids is 2. The third-order valence-electron chi connectivity index (χ3n) is 5.14. The number of hydrogen-bond donors (Lipinski definition) is 1. The van der Waals surface area contributed by atoms with Gasteiger partial charge < -0.3 is 9.84 Å². The summed E-state index contributed by atoms with van der Waals surface area (Å²) in [6.45, 7) is 3.55. The molecule has 1 fully saturated rings. The zero-order valence-corrected chi connectivity index (χ0v) is 16.3. The largest absolute Gasteiger partial charge is 0.481 e. The van der Waals surface area contributed by atoms with Crippen molar-refractivity contribution in [2.75, 3.05) is 0 Å². The molecule has 148 valence electrons. The average Bonchev–Trinajstić information content (AvgIpc) is 2.93. The molecule has 26 heavy (non-hydrogen) atoms. The summed E-state index contributed by atoms with van der Waals surface area (Å²) in [7, 11) is 0. The second-order valence-electron chi connectivity index (χ2n) is 7.39. The van der Waals surface area contributed by atoms with E-state index in [1.54, 1.807) is 0 Å². The minimum absolute atomic E-state index is 0.183. The summed E-state index contributed by atoms with van der Waals surface area (Å²) in [5.74, 6) is -0.799. The normalized spacial score (nSPS) is 21.2. The molecule has 0 aromatic heterocycles. The number of carbonyl (C=O) groups is 3. The molecule has 1 N–H and O–H groups in total. The van der Waals surface area contributed by atoms with Gasteiger partial charge >= 0.3 is 11.9 Å². The van der Waals surface area contributed by atoms with Gasteiger partial charge in [-0.05, 0) is 44.6 Å². The maximum Gasteiger partial charge on any atom is 0.303 e. The number of hydrogen-bond acceptors (Lipinski definition) is 4. The fourth-order valence-electron chi connectivity index (χ4n) is 3.66. The number of allylic oxidation sites excluding steroid dienone is 1. The van der Waals surface area contributed by atoms with E-state index in [0.29, 0.717) is 12.8 Å². The summed E-state index contributed by atoms with van der Waals surface area (Å²) in [5.41, 5.74) is -0.452. The van der Waals surface area contributed by atoms with Crippen LogP contribution >= 0.6 is 0 Å². The summed E-state index contributed by atoms with van der Waals surface area (Å²) in [6.07, 6.45) is 13.2. The minimum Gasteiger partial charge on any atom is -0.481 e. The van der Waals surface area contributed by atoms with Crippen LogP contribution in [0.3, 0.4) is 0 Å². The molecule has 1 aliphatic rings. The van der Waals surface area contributed by atoms with Crippen molar-refractivity contribution >= 4 is 17.7 Å². The van der Waals surface area contributed by atoms with E-state index in [1.807, 2.05) is 12.2 Å². The highest BCUT2D eigenvalue weighted by molar-refractivity contribution is 5.88. The summed E-state index contributed by atoms with van der Waals surface area (Å²) in [5, 5.41) is 8.72. The van der Waals surface area contributed by atoms with Gasteiger partial charge in [-0.3, -0.25) is 14.4 Å². The number of unbranched alkanes of at least 4 members (excludes halogenated alkanes) is 4.